The third-order valence-corrected chi connectivity index (χ3v) is 4.42. The van der Waals surface area contributed by atoms with Crippen LogP contribution in [0.1, 0.15) is 5.56 Å². The van der Waals surface area contributed by atoms with E-state index in [1.807, 2.05) is 0 Å². The number of ether oxygens (including phenoxy) is 1. The molecule has 0 radical (unpaired) electrons. The summed E-state index contributed by atoms with van der Waals surface area (Å²) in [6.45, 7) is 0. The summed E-state index contributed by atoms with van der Waals surface area (Å²) in [5, 5.41) is 12.8. The Kier molecular flexibility index (Phi) is 4.94. The molecule has 0 bridgehead atoms. The maximum absolute atomic E-state index is 12.7. The van der Waals surface area contributed by atoms with Crippen LogP contribution in [-0.2, 0) is 6.18 Å². The predicted molar refractivity (Wildman–Crippen MR) is 95.1 cm³/mol. The van der Waals surface area contributed by atoms with E-state index in [-0.39, 0.29) is 38.6 Å². The highest BCUT2D eigenvalue weighted by atomic mass is 35.5. The Bertz CT molecular complexity index is 1020. The van der Waals surface area contributed by atoms with Gasteiger partial charge in [-0.1, -0.05) is 11.6 Å². The average molecular weight is 416 g/mol. The van der Waals surface area contributed by atoms with E-state index >= 15 is 0 Å². The average Bonchev–Trinajstić information content (AvgIpc) is 3.02. The molecule has 0 fully saturated rings. The lowest BCUT2D eigenvalue weighted by Gasteiger charge is -2.11. The minimum atomic E-state index is -4.53. The van der Waals surface area contributed by atoms with Crippen molar-refractivity contribution in [2.24, 2.45) is 0 Å². The third-order valence-electron chi connectivity index (χ3n) is 3.45. The van der Waals surface area contributed by atoms with Crippen LogP contribution in [0.2, 0.25) is 5.02 Å². The molecule has 0 aliphatic rings. The maximum atomic E-state index is 12.7. The number of alkyl halides is 3. The van der Waals surface area contributed by atoms with Crippen LogP contribution in [0.15, 0.2) is 41.8 Å². The first-order valence-electron chi connectivity index (χ1n) is 7.19. The fourth-order valence-electron chi connectivity index (χ4n) is 2.24. The van der Waals surface area contributed by atoms with Gasteiger partial charge in [-0.25, -0.2) is 4.98 Å². The van der Waals surface area contributed by atoms with E-state index in [9.17, 15) is 23.3 Å². The zero-order chi connectivity index (χ0) is 19.8. The summed E-state index contributed by atoms with van der Waals surface area (Å²) in [6.07, 6.45) is -4.53. The Labute approximate surface area is 159 Å². The number of nitrogen functional groups attached to an aromatic ring is 1. The molecule has 1 aromatic heterocycles. The lowest BCUT2D eigenvalue weighted by molar-refractivity contribution is -0.384. The summed E-state index contributed by atoms with van der Waals surface area (Å²) in [5.41, 5.74) is 4.88. The second kappa shape index (κ2) is 7.05. The molecule has 0 aliphatic carbocycles. The van der Waals surface area contributed by atoms with Gasteiger partial charge in [0.2, 0.25) is 0 Å². The van der Waals surface area contributed by atoms with Crippen LogP contribution >= 0.6 is 22.9 Å². The molecule has 0 saturated heterocycles. The van der Waals surface area contributed by atoms with Crippen LogP contribution in [-0.4, -0.2) is 9.91 Å². The largest absolute Gasteiger partial charge is 0.456 e. The smallest absolute Gasteiger partial charge is 0.416 e. The zero-order valence-electron chi connectivity index (χ0n) is 13.2. The minimum Gasteiger partial charge on any atom is -0.456 e. The van der Waals surface area contributed by atoms with Gasteiger partial charge >= 0.3 is 6.18 Å². The van der Waals surface area contributed by atoms with Gasteiger partial charge in [-0.15, -0.1) is 11.3 Å². The van der Waals surface area contributed by atoms with Gasteiger partial charge in [-0.05, 0) is 30.3 Å². The van der Waals surface area contributed by atoms with Crippen molar-refractivity contribution < 1.29 is 22.8 Å². The highest BCUT2D eigenvalue weighted by Crippen LogP contribution is 2.39. The van der Waals surface area contributed by atoms with E-state index in [2.05, 4.69) is 4.98 Å². The summed E-state index contributed by atoms with van der Waals surface area (Å²) < 4.78 is 43.6. The molecule has 140 valence electrons. The molecule has 11 heteroatoms. The first-order chi connectivity index (χ1) is 12.6. The summed E-state index contributed by atoms with van der Waals surface area (Å²) in [5.74, 6) is 0.117. The molecule has 0 aliphatic heterocycles. The van der Waals surface area contributed by atoms with Crippen molar-refractivity contribution in [1.29, 1.82) is 0 Å². The summed E-state index contributed by atoms with van der Waals surface area (Å²) in [7, 11) is 0. The Morgan fingerprint density at radius 3 is 2.52 bits per heavy atom. The molecule has 2 aromatic carbocycles. The van der Waals surface area contributed by atoms with E-state index in [0.29, 0.717) is 0 Å². The van der Waals surface area contributed by atoms with Gasteiger partial charge in [0.05, 0.1) is 26.8 Å². The molecular weight excluding hydrogens is 407 g/mol. The number of nitro groups is 1. The molecule has 27 heavy (non-hydrogen) atoms. The molecule has 0 atom stereocenters. The van der Waals surface area contributed by atoms with Gasteiger partial charge in [0, 0.05) is 11.4 Å². The topological polar surface area (TPSA) is 91.3 Å². The molecule has 1 heterocycles. The lowest BCUT2D eigenvalue weighted by atomic mass is 10.1. The van der Waals surface area contributed by atoms with E-state index in [1.165, 1.54) is 18.2 Å². The Morgan fingerprint density at radius 1 is 1.22 bits per heavy atom. The zero-order valence-corrected chi connectivity index (χ0v) is 14.7. The Morgan fingerprint density at radius 2 is 1.96 bits per heavy atom. The van der Waals surface area contributed by atoms with Crippen LogP contribution in [0.3, 0.4) is 0 Å². The fraction of sp³-hybridized carbons (Fsp3) is 0.0625. The van der Waals surface area contributed by atoms with Crippen molar-refractivity contribution >= 4 is 33.8 Å². The number of nitro benzene ring substituents is 1. The number of benzene rings is 2. The number of nitrogens with two attached hydrogens (primary N) is 1. The van der Waals surface area contributed by atoms with Gasteiger partial charge in [0.25, 0.3) is 5.69 Å². The highest BCUT2D eigenvalue weighted by Gasteiger charge is 2.31. The molecule has 6 nitrogen and oxygen atoms in total. The number of thiazole rings is 1. The summed E-state index contributed by atoms with van der Waals surface area (Å²) in [6, 6.07) is 6.51. The molecule has 0 amide bonds. The Hall–Kier alpha value is -2.85. The maximum Gasteiger partial charge on any atom is 0.416 e. The normalized spacial score (nSPS) is 11.4. The standard InChI is InChI=1S/C16H9ClF3N3O3S/c17-11-5-8(16(18,19)20)1-4-14(11)26-9-2-3-13(23(24)25)10(6-9)12-7-27-15(21)22-12/h1-7H,(H2,21,22). The van der Waals surface area contributed by atoms with E-state index in [0.717, 1.165) is 29.5 Å². The molecule has 0 saturated carbocycles. The minimum absolute atomic E-state index is 0.0257. The van der Waals surface area contributed by atoms with Crippen molar-refractivity contribution in [3.05, 3.63) is 62.5 Å². The first-order valence-corrected chi connectivity index (χ1v) is 8.45. The Balaban J connectivity index is 1.98. The summed E-state index contributed by atoms with van der Waals surface area (Å²) >= 11 is 6.98. The molecule has 3 rings (SSSR count). The van der Waals surface area contributed by atoms with Gasteiger partial charge in [-0.3, -0.25) is 10.1 Å². The predicted octanol–water partition coefficient (Wildman–Crippen LogP) is 5.77. The van der Waals surface area contributed by atoms with Gasteiger partial charge < -0.3 is 10.5 Å². The number of rotatable bonds is 4. The van der Waals surface area contributed by atoms with E-state index in [1.54, 1.807) is 5.38 Å². The lowest BCUT2D eigenvalue weighted by Crippen LogP contribution is -2.04. The van der Waals surface area contributed by atoms with Crippen molar-refractivity contribution in [1.82, 2.24) is 4.98 Å². The van der Waals surface area contributed by atoms with Gasteiger partial charge in [0.15, 0.2) is 5.13 Å². The number of anilines is 1. The molecule has 2 N–H and O–H groups in total. The fourth-order valence-corrected chi connectivity index (χ4v) is 3.02. The molecule has 0 spiro atoms. The number of halogens is 4. The van der Waals surface area contributed by atoms with Gasteiger partial charge in [0.1, 0.15) is 11.5 Å². The number of hydrogen-bond donors (Lipinski definition) is 1. The van der Waals surface area contributed by atoms with Crippen LogP contribution < -0.4 is 10.5 Å². The molecule has 0 unspecified atom stereocenters. The SMILES string of the molecule is Nc1nc(-c2cc(Oc3ccc(C(F)(F)F)cc3Cl)ccc2[N+](=O)[O-])cs1. The number of hydrogen-bond acceptors (Lipinski definition) is 6. The monoisotopic (exact) mass is 415 g/mol. The van der Waals surface area contributed by atoms with Crippen molar-refractivity contribution in [3.63, 3.8) is 0 Å². The number of nitrogens with zero attached hydrogens (tertiary/aromatic N) is 2. The van der Waals surface area contributed by atoms with Crippen molar-refractivity contribution in [2.45, 2.75) is 6.18 Å². The third kappa shape index (κ3) is 4.12. The van der Waals surface area contributed by atoms with Crippen LogP contribution in [0.25, 0.3) is 11.3 Å². The summed E-state index contributed by atoms with van der Waals surface area (Å²) in [4.78, 5) is 14.7. The van der Waals surface area contributed by atoms with E-state index in [4.69, 9.17) is 22.1 Å². The van der Waals surface area contributed by atoms with Crippen LogP contribution in [0.4, 0.5) is 24.0 Å². The second-order valence-corrected chi connectivity index (χ2v) is 6.55. The van der Waals surface area contributed by atoms with Crippen LogP contribution in [0.5, 0.6) is 11.5 Å². The molecular formula is C16H9ClF3N3O3S. The quantitative estimate of drug-likeness (QED) is 0.431. The molecule has 3 aromatic rings. The second-order valence-electron chi connectivity index (χ2n) is 5.25. The van der Waals surface area contributed by atoms with Crippen molar-refractivity contribution in [3.8, 4) is 22.8 Å². The van der Waals surface area contributed by atoms with Gasteiger partial charge in [-0.2, -0.15) is 13.2 Å². The first kappa shape index (κ1) is 18.9. The number of aromatic nitrogens is 1. The van der Waals surface area contributed by atoms with Crippen molar-refractivity contribution in [2.75, 3.05) is 5.73 Å². The highest BCUT2D eigenvalue weighted by molar-refractivity contribution is 7.13. The van der Waals surface area contributed by atoms with E-state index < -0.39 is 16.7 Å². The van der Waals surface area contributed by atoms with Crippen LogP contribution in [0, 0.1) is 10.1 Å².